The molecule has 2 rings (SSSR count). The first-order valence-electron chi connectivity index (χ1n) is 5.21. The summed E-state index contributed by atoms with van der Waals surface area (Å²) in [5.74, 6) is 0. The quantitative estimate of drug-likeness (QED) is 0.795. The lowest BCUT2D eigenvalue weighted by Gasteiger charge is -2.19. The smallest absolute Gasteiger partial charge is 0.0441 e. The number of hydrogen-bond donors (Lipinski definition) is 1. The number of nitrogen functional groups attached to an aromatic ring is 1. The predicted octanol–water partition coefficient (Wildman–Crippen LogP) is 2.30. The molecule has 0 saturated carbocycles. The molecule has 3 nitrogen and oxygen atoms in total. The molecule has 3 heteroatoms. The maximum atomic E-state index is 5.75. The number of hydrogen-bond acceptors (Lipinski definition) is 3. The van der Waals surface area contributed by atoms with Gasteiger partial charge < -0.3 is 10.6 Å². The minimum absolute atomic E-state index is 0.788. The molecule has 2 aromatic rings. The number of nitrogens with zero attached hydrogens (tertiary/aromatic N) is 2. The highest BCUT2D eigenvalue weighted by Gasteiger charge is 2.01. The number of aromatic nitrogens is 1. The molecule has 0 aliphatic carbocycles. The van der Waals surface area contributed by atoms with Crippen molar-refractivity contribution in [2.24, 2.45) is 0 Å². The van der Waals surface area contributed by atoms with E-state index in [1.807, 2.05) is 43.6 Å². The van der Waals surface area contributed by atoms with E-state index in [1.165, 1.54) is 5.56 Å². The second-order valence-electron chi connectivity index (χ2n) is 3.81. The Morgan fingerprint density at radius 3 is 2.81 bits per heavy atom. The van der Waals surface area contributed by atoms with E-state index in [-0.39, 0.29) is 0 Å². The fourth-order valence-corrected chi connectivity index (χ4v) is 1.62. The van der Waals surface area contributed by atoms with Gasteiger partial charge in [0.25, 0.3) is 0 Å². The molecule has 0 aliphatic heterocycles. The van der Waals surface area contributed by atoms with Crippen LogP contribution in [0.5, 0.6) is 0 Å². The van der Waals surface area contributed by atoms with Crippen molar-refractivity contribution in [1.82, 2.24) is 4.98 Å². The molecule has 0 unspecified atom stereocenters. The first-order chi connectivity index (χ1) is 7.75. The number of benzene rings is 1. The molecule has 0 spiro atoms. The number of pyridine rings is 1. The van der Waals surface area contributed by atoms with E-state index in [4.69, 9.17) is 5.73 Å². The molecule has 2 N–H and O–H groups in total. The SMILES string of the molecule is CN(Cc1cccnc1)c1cccc(N)c1. The Balaban J connectivity index is 2.12. The second kappa shape index (κ2) is 4.66. The van der Waals surface area contributed by atoms with Crippen molar-refractivity contribution in [2.75, 3.05) is 17.7 Å². The van der Waals surface area contributed by atoms with Crippen LogP contribution in [0, 0.1) is 0 Å². The summed E-state index contributed by atoms with van der Waals surface area (Å²) in [5.41, 5.74) is 8.84. The summed E-state index contributed by atoms with van der Waals surface area (Å²) in [6, 6.07) is 11.9. The Labute approximate surface area is 95.5 Å². The van der Waals surface area contributed by atoms with Gasteiger partial charge in [-0.05, 0) is 29.8 Å². The van der Waals surface area contributed by atoms with Gasteiger partial charge in [-0.1, -0.05) is 12.1 Å². The highest BCUT2D eigenvalue weighted by molar-refractivity contribution is 5.55. The molecule has 0 bridgehead atoms. The number of rotatable bonds is 3. The average molecular weight is 213 g/mol. The molecule has 0 radical (unpaired) electrons. The topological polar surface area (TPSA) is 42.2 Å². The van der Waals surface area contributed by atoms with Gasteiger partial charge in [-0.3, -0.25) is 4.98 Å². The largest absolute Gasteiger partial charge is 0.399 e. The van der Waals surface area contributed by atoms with Crippen LogP contribution in [-0.2, 0) is 6.54 Å². The minimum atomic E-state index is 0.788. The molecule has 16 heavy (non-hydrogen) atoms. The van der Waals surface area contributed by atoms with Gasteiger partial charge in [0.15, 0.2) is 0 Å². The van der Waals surface area contributed by atoms with Crippen LogP contribution in [0.1, 0.15) is 5.56 Å². The Morgan fingerprint density at radius 2 is 2.12 bits per heavy atom. The molecule has 1 heterocycles. The Kier molecular flexibility index (Phi) is 3.05. The van der Waals surface area contributed by atoms with Gasteiger partial charge in [-0.2, -0.15) is 0 Å². The lowest BCUT2D eigenvalue weighted by molar-refractivity contribution is 0.916. The van der Waals surface area contributed by atoms with Crippen molar-refractivity contribution in [3.05, 3.63) is 54.4 Å². The van der Waals surface area contributed by atoms with Gasteiger partial charge in [-0.25, -0.2) is 0 Å². The Bertz CT molecular complexity index is 454. The molecule has 0 amide bonds. The van der Waals surface area contributed by atoms with E-state index in [2.05, 4.69) is 16.0 Å². The third-order valence-electron chi connectivity index (χ3n) is 2.45. The monoisotopic (exact) mass is 213 g/mol. The molecular weight excluding hydrogens is 198 g/mol. The summed E-state index contributed by atoms with van der Waals surface area (Å²) in [6.07, 6.45) is 3.66. The van der Waals surface area contributed by atoms with E-state index < -0.39 is 0 Å². The van der Waals surface area contributed by atoms with E-state index in [9.17, 15) is 0 Å². The third-order valence-corrected chi connectivity index (χ3v) is 2.45. The normalized spacial score (nSPS) is 10.1. The fraction of sp³-hybridized carbons (Fsp3) is 0.154. The number of anilines is 2. The van der Waals surface area contributed by atoms with E-state index in [0.29, 0.717) is 0 Å². The van der Waals surface area contributed by atoms with Crippen molar-refractivity contribution in [3.8, 4) is 0 Å². The van der Waals surface area contributed by atoms with Crippen LogP contribution in [0.3, 0.4) is 0 Å². The van der Waals surface area contributed by atoms with Gasteiger partial charge in [0, 0.05) is 37.4 Å². The highest BCUT2D eigenvalue weighted by atomic mass is 15.1. The van der Waals surface area contributed by atoms with Crippen LogP contribution in [0.2, 0.25) is 0 Å². The third kappa shape index (κ3) is 2.51. The van der Waals surface area contributed by atoms with E-state index >= 15 is 0 Å². The van der Waals surface area contributed by atoms with Crippen LogP contribution < -0.4 is 10.6 Å². The molecule has 0 atom stereocenters. The first-order valence-corrected chi connectivity index (χ1v) is 5.21. The summed E-state index contributed by atoms with van der Waals surface area (Å²) in [5, 5.41) is 0. The Hall–Kier alpha value is -2.03. The Morgan fingerprint density at radius 1 is 1.25 bits per heavy atom. The molecule has 1 aromatic carbocycles. The van der Waals surface area contributed by atoms with Crippen molar-refractivity contribution in [1.29, 1.82) is 0 Å². The van der Waals surface area contributed by atoms with Gasteiger partial charge in [0.1, 0.15) is 0 Å². The van der Waals surface area contributed by atoms with Gasteiger partial charge in [0.05, 0.1) is 0 Å². The van der Waals surface area contributed by atoms with Crippen LogP contribution in [0.4, 0.5) is 11.4 Å². The molecule has 0 aliphatic rings. The average Bonchev–Trinajstić information content (AvgIpc) is 2.30. The molecule has 0 fully saturated rings. The van der Waals surface area contributed by atoms with Gasteiger partial charge >= 0.3 is 0 Å². The fourth-order valence-electron chi connectivity index (χ4n) is 1.62. The maximum absolute atomic E-state index is 5.75. The highest BCUT2D eigenvalue weighted by Crippen LogP contribution is 2.17. The van der Waals surface area contributed by atoms with Crippen LogP contribution >= 0.6 is 0 Å². The molecule has 1 aromatic heterocycles. The minimum Gasteiger partial charge on any atom is -0.399 e. The standard InChI is InChI=1S/C13H15N3/c1-16(10-11-4-3-7-15-9-11)13-6-2-5-12(14)8-13/h2-9H,10,14H2,1H3. The lowest BCUT2D eigenvalue weighted by Crippen LogP contribution is -2.16. The predicted molar refractivity (Wildman–Crippen MR) is 67.2 cm³/mol. The van der Waals surface area contributed by atoms with Crippen molar-refractivity contribution >= 4 is 11.4 Å². The van der Waals surface area contributed by atoms with E-state index in [0.717, 1.165) is 17.9 Å². The van der Waals surface area contributed by atoms with E-state index in [1.54, 1.807) is 6.20 Å². The first kappa shape index (κ1) is 10.5. The van der Waals surface area contributed by atoms with Crippen molar-refractivity contribution in [3.63, 3.8) is 0 Å². The zero-order valence-corrected chi connectivity index (χ0v) is 9.30. The van der Waals surface area contributed by atoms with Crippen molar-refractivity contribution in [2.45, 2.75) is 6.54 Å². The van der Waals surface area contributed by atoms with Crippen LogP contribution in [0.15, 0.2) is 48.8 Å². The van der Waals surface area contributed by atoms with Crippen LogP contribution in [0.25, 0.3) is 0 Å². The zero-order chi connectivity index (χ0) is 11.4. The molecule has 0 saturated heterocycles. The lowest BCUT2D eigenvalue weighted by atomic mass is 10.2. The summed E-state index contributed by atoms with van der Waals surface area (Å²) in [7, 11) is 2.04. The summed E-state index contributed by atoms with van der Waals surface area (Å²) >= 11 is 0. The van der Waals surface area contributed by atoms with Crippen molar-refractivity contribution < 1.29 is 0 Å². The summed E-state index contributed by atoms with van der Waals surface area (Å²) in [6.45, 7) is 0.831. The molecule has 82 valence electrons. The molecular formula is C13H15N3. The number of nitrogens with two attached hydrogens (primary N) is 1. The summed E-state index contributed by atoms with van der Waals surface area (Å²) < 4.78 is 0. The van der Waals surface area contributed by atoms with Gasteiger partial charge in [0.2, 0.25) is 0 Å². The zero-order valence-electron chi connectivity index (χ0n) is 9.30. The second-order valence-corrected chi connectivity index (χ2v) is 3.81. The maximum Gasteiger partial charge on any atom is 0.0441 e. The summed E-state index contributed by atoms with van der Waals surface area (Å²) in [4.78, 5) is 6.24. The van der Waals surface area contributed by atoms with Crippen LogP contribution in [-0.4, -0.2) is 12.0 Å². The van der Waals surface area contributed by atoms with Gasteiger partial charge in [-0.15, -0.1) is 0 Å².